The molecule has 0 saturated heterocycles. The molecule has 2 rings (SSSR count). The number of carbonyl (C=O) groups is 1. The smallest absolute Gasteiger partial charge is 0.260 e. The Morgan fingerprint density at radius 1 is 1.40 bits per heavy atom. The van der Waals surface area contributed by atoms with E-state index in [1.54, 1.807) is 24.4 Å². The van der Waals surface area contributed by atoms with Crippen LogP contribution in [-0.4, -0.2) is 18.0 Å². The summed E-state index contributed by atoms with van der Waals surface area (Å²) >= 11 is 9.20. The molecular weight excluding hydrogens is 344 g/mol. The van der Waals surface area contributed by atoms with Gasteiger partial charge in [-0.15, -0.1) is 0 Å². The number of rotatable bonds is 3. The van der Waals surface area contributed by atoms with Gasteiger partial charge >= 0.3 is 0 Å². The zero-order valence-corrected chi connectivity index (χ0v) is 13.2. The first kappa shape index (κ1) is 14.8. The minimum absolute atomic E-state index is 0.295. The third kappa shape index (κ3) is 3.29. The molecule has 0 aliphatic carbocycles. The molecule has 0 atom stereocenters. The number of amides is 1. The molecule has 6 heteroatoms. The average Bonchev–Trinajstić information content (AvgIpc) is 2.41. The summed E-state index contributed by atoms with van der Waals surface area (Å²) in [6.45, 7) is 1.87. The quantitative estimate of drug-likeness (QED) is 0.903. The molecule has 2 aromatic rings. The van der Waals surface area contributed by atoms with Crippen LogP contribution < -0.4 is 10.1 Å². The predicted molar refractivity (Wildman–Crippen MR) is 82.6 cm³/mol. The largest absolute Gasteiger partial charge is 0.496 e. The summed E-state index contributed by atoms with van der Waals surface area (Å²) in [6, 6.07) is 6.73. The van der Waals surface area contributed by atoms with E-state index in [1.165, 1.54) is 7.11 Å². The van der Waals surface area contributed by atoms with Crippen molar-refractivity contribution in [3.63, 3.8) is 0 Å². The van der Waals surface area contributed by atoms with Crippen LogP contribution in [0.3, 0.4) is 0 Å². The monoisotopic (exact) mass is 354 g/mol. The van der Waals surface area contributed by atoms with Gasteiger partial charge in [0.1, 0.15) is 11.6 Å². The lowest BCUT2D eigenvalue weighted by Crippen LogP contribution is -2.15. The number of anilines is 1. The van der Waals surface area contributed by atoms with Gasteiger partial charge in [0, 0.05) is 15.7 Å². The SMILES string of the molecule is COc1cc(Cl)ccc1C(=O)Nc1ncc(Br)cc1C. The molecule has 20 heavy (non-hydrogen) atoms. The van der Waals surface area contributed by atoms with Crippen molar-refractivity contribution >= 4 is 39.3 Å². The number of halogens is 2. The second-order valence-corrected chi connectivity index (χ2v) is 5.47. The van der Waals surface area contributed by atoms with E-state index in [-0.39, 0.29) is 5.91 Å². The van der Waals surface area contributed by atoms with E-state index in [1.807, 2.05) is 13.0 Å². The van der Waals surface area contributed by atoms with Crippen molar-refractivity contribution < 1.29 is 9.53 Å². The fourth-order valence-corrected chi connectivity index (χ4v) is 2.31. The number of aryl methyl sites for hydroxylation is 1. The predicted octanol–water partition coefficient (Wildman–Crippen LogP) is 4.07. The van der Waals surface area contributed by atoms with Crippen LogP contribution in [0, 0.1) is 6.92 Å². The maximum atomic E-state index is 12.3. The standard InChI is InChI=1S/C14H12BrClN2O2/c1-8-5-9(15)7-17-13(8)18-14(19)11-4-3-10(16)6-12(11)20-2/h3-7H,1-2H3,(H,17,18,19). The minimum atomic E-state index is -0.295. The van der Waals surface area contributed by atoms with Crippen molar-refractivity contribution in [1.29, 1.82) is 0 Å². The maximum Gasteiger partial charge on any atom is 0.260 e. The van der Waals surface area contributed by atoms with E-state index in [0.29, 0.717) is 22.2 Å². The van der Waals surface area contributed by atoms with Crippen molar-refractivity contribution in [2.45, 2.75) is 6.92 Å². The van der Waals surface area contributed by atoms with Crippen molar-refractivity contribution in [3.8, 4) is 5.75 Å². The van der Waals surface area contributed by atoms with Crippen LogP contribution in [0.4, 0.5) is 5.82 Å². The molecule has 1 amide bonds. The highest BCUT2D eigenvalue weighted by Crippen LogP contribution is 2.24. The van der Waals surface area contributed by atoms with Crippen LogP contribution in [0.5, 0.6) is 5.75 Å². The Hall–Kier alpha value is -1.59. The van der Waals surface area contributed by atoms with E-state index < -0.39 is 0 Å². The molecule has 0 fully saturated rings. The molecule has 0 bridgehead atoms. The summed E-state index contributed by atoms with van der Waals surface area (Å²) in [7, 11) is 1.49. The normalized spacial score (nSPS) is 10.2. The molecule has 104 valence electrons. The first-order valence-electron chi connectivity index (χ1n) is 5.78. The molecule has 4 nitrogen and oxygen atoms in total. The Morgan fingerprint density at radius 3 is 2.80 bits per heavy atom. The van der Waals surface area contributed by atoms with E-state index in [4.69, 9.17) is 16.3 Å². The summed E-state index contributed by atoms with van der Waals surface area (Å²) in [4.78, 5) is 16.4. The maximum absolute atomic E-state index is 12.3. The molecule has 1 N–H and O–H groups in total. The first-order chi connectivity index (χ1) is 9.51. The number of nitrogens with zero attached hydrogens (tertiary/aromatic N) is 1. The summed E-state index contributed by atoms with van der Waals surface area (Å²) < 4.78 is 6.02. The highest BCUT2D eigenvalue weighted by molar-refractivity contribution is 9.10. The van der Waals surface area contributed by atoms with E-state index in [2.05, 4.69) is 26.2 Å². The van der Waals surface area contributed by atoms with Gasteiger partial charge in [-0.3, -0.25) is 4.79 Å². The second kappa shape index (κ2) is 6.24. The van der Waals surface area contributed by atoms with E-state index in [9.17, 15) is 4.79 Å². The summed E-state index contributed by atoms with van der Waals surface area (Å²) in [6.07, 6.45) is 1.63. The van der Waals surface area contributed by atoms with Crippen LogP contribution in [0.1, 0.15) is 15.9 Å². The van der Waals surface area contributed by atoms with Crippen molar-refractivity contribution in [3.05, 3.63) is 51.1 Å². The molecule has 1 aromatic heterocycles. The average molecular weight is 356 g/mol. The number of benzene rings is 1. The van der Waals surface area contributed by atoms with Gasteiger partial charge in [-0.25, -0.2) is 4.98 Å². The minimum Gasteiger partial charge on any atom is -0.496 e. The van der Waals surface area contributed by atoms with Crippen LogP contribution in [-0.2, 0) is 0 Å². The lowest BCUT2D eigenvalue weighted by atomic mass is 10.2. The number of methoxy groups -OCH3 is 1. The second-order valence-electron chi connectivity index (χ2n) is 4.12. The molecule has 1 heterocycles. The molecule has 1 aromatic carbocycles. The number of pyridine rings is 1. The van der Waals surface area contributed by atoms with Gasteiger partial charge in [0.15, 0.2) is 0 Å². The zero-order chi connectivity index (χ0) is 14.7. The lowest BCUT2D eigenvalue weighted by molar-refractivity contribution is 0.102. The van der Waals surface area contributed by atoms with Crippen LogP contribution in [0.25, 0.3) is 0 Å². The Labute approximate surface area is 130 Å². The highest BCUT2D eigenvalue weighted by atomic mass is 79.9. The Kier molecular flexibility index (Phi) is 4.62. The third-order valence-electron chi connectivity index (χ3n) is 2.69. The van der Waals surface area contributed by atoms with Crippen molar-refractivity contribution in [1.82, 2.24) is 4.98 Å². The van der Waals surface area contributed by atoms with Crippen LogP contribution in [0.2, 0.25) is 5.02 Å². The van der Waals surface area contributed by atoms with Gasteiger partial charge in [0.05, 0.1) is 12.7 Å². The topological polar surface area (TPSA) is 51.2 Å². The number of aromatic nitrogens is 1. The number of nitrogens with one attached hydrogen (secondary N) is 1. The number of hydrogen-bond donors (Lipinski definition) is 1. The summed E-state index contributed by atoms with van der Waals surface area (Å²) in [5.74, 6) is 0.636. The number of carbonyl (C=O) groups excluding carboxylic acids is 1. The van der Waals surface area contributed by atoms with E-state index >= 15 is 0 Å². The Balaban J connectivity index is 2.28. The Morgan fingerprint density at radius 2 is 2.15 bits per heavy atom. The molecule has 0 spiro atoms. The van der Waals surface area contributed by atoms with Gasteiger partial charge in [-0.05, 0) is 52.7 Å². The molecule has 0 aliphatic heterocycles. The highest BCUT2D eigenvalue weighted by Gasteiger charge is 2.14. The molecule has 0 saturated carbocycles. The third-order valence-corrected chi connectivity index (χ3v) is 3.35. The van der Waals surface area contributed by atoms with Crippen molar-refractivity contribution in [2.24, 2.45) is 0 Å². The number of ether oxygens (including phenoxy) is 1. The Bertz CT molecular complexity index is 662. The lowest BCUT2D eigenvalue weighted by Gasteiger charge is -2.10. The summed E-state index contributed by atoms with van der Waals surface area (Å²) in [5.41, 5.74) is 1.27. The van der Waals surface area contributed by atoms with Gasteiger partial charge < -0.3 is 10.1 Å². The number of hydrogen-bond acceptors (Lipinski definition) is 3. The van der Waals surface area contributed by atoms with E-state index in [0.717, 1.165) is 10.0 Å². The van der Waals surface area contributed by atoms with Crippen LogP contribution >= 0.6 is 27.5 Å². The van der Waals surface area contributed by atoms with Crippen LogP contribution in [0.15, 0.2) is 34.9 Å². The molecule has 0 aliphatic rings. The van der Waals surface area contributed by atoms with Crippen molar-refractivity contribution in [2.75, 3.05) is 12.4 Å². The van der Waals surface area contributed by atoms with Gasteiger partial charge in [-0.1, -0.05) is 11.6 Å². The molecule has 0 unspecified atom stereocenters. The van der Waals surface area contributed by atoms with Gasteiger partial charge in [0.2, 0.25) is 0 Å². The van der Waals surface area contributed by atoms with Gasteiger partial charge in [0.25, 0.3) is 5.91 Å². The fourth-order valence-electron chi connectivity index (χ4n) is 1.70. The molecule has 0 radical (unpaired) electrons. The molecular formula is C14H12BrClN2O2. The first-order valence-corrected chi connectivity index (χ1v) is 6.95. The summed E-state index contributed by atoms with van der Waals surface area (Å²) in [5, 5.41) is 3.26. The van der Waals surface area contributed by atoms with Gasteiger partial charge in [-0.2, -0.15) is 0 Å². The zero-order valence-electron chi connectivity index (χ0n) is 10.9. The fraction of sp³-hybridized carbons (Fsp3) is 0.143.